The summed E-state index contributed by atoms with van der Waals surface area (Å²) in [4.78, 5) is 12.5. The lowest BCUT2D eigenvalue weighted by atomic mass is 9.88. The van der Waals surface area contributed by atoms with Gasteiger partial charge < -0.3 is 14.6 Å². The van der Waals surface area contributed by atoms with Gasteiger partial charge in [0.25, 0.3) is 0 Å². The average molecular weight is 314 g/mol. The first kappa shape index (κ1) is 17.0. The van der Waals surface area contributed by atoms with Crippen LogP contribution < -0.4 is 9.47 Å². The minimum atomic E-state index is -0.620. The van der Waals surface area contributed by atoms with Gasteiger partial charge in [0.1, 0.15) is 11.5 Å². The SMILES string of the molecule is COc1ccc(C(=O)CC(c2ccc(OC)cc2)C(C)O)cc1. The number of hydrogen-bond acceptors (Lipinski definition) is 4. The molecule has 0 aromatic heterocycles. The van der Waals surface area contributed by atoms with Gasteiger partial charge in [0.2, 0.25) is 0 Å². The molecule has 2 atom stereocenters. The molecule has 0 spiro atoms. The van der Waals surface area contributed by atoms with E-state index in [-0.39, 0.29) is 18.1 Å². The van der Waals surface area contributed by atoms with Crippen LogP contribution in [-0.4, -0.2) is 31.2 Å². The van der Waals surface area contributed by atoms with Crippen LogP contribution in [0, 0.1) is 0 Å². The van der Waals surface area contributed by atoms with Gasteiger partial charge in [-0.3, -0.25) is 4.79 Å². The van der Waals surface area contributed by atoms with Gasteiger partial charge in [0.05, 0.1) is 20.3 Å². The van der Waals surface area contributed by atoms with E-state index in [0.29, 0.717) is 11.3 Å². The van der Waals surface area contributed by atoms with Crippen LogP contribution in [0.5, 0.6) is 11.5 Å². The maximum absolute atomic E-state index is 12.5. The van der Waals surface area contributed by atoms with E-state index in [2.05, 4.69) is 0 Å². The van der Waals surface area contributed by atoms with Crippen molar-refractivity contribution in [2.24, 2.45) is 0 Å². The zero-order valence-corrected chi connectivity index (χ0v) is 13.7. The summed E-state index contributed by atoms with van der Waals surface area (Å²) in [7, 11) is 3.19. The molecule has 0 amide bonds. The summed E-state index contributed by atoms with van der Waals surface area (Å²) in [6.07, 6.45) is -0.373. The highest BCUT2D eigenvalue weighted by atomic mass is 16.5. The lowest BCUT2D eigenvalue weighted by Crippen LogP contribution is -2.18. The fraction of sp³-hybridized carbons (Fsp3) is 0.316. The van der Waals surface area contributed by atoms with Crippen molar-refractivity contribution in [3.05, 3.63) is 59.7 Å². The minimum absolute atomic E-state index is 0.00521. The normalized spacial score (nSPS) is 13.2. The molecule has 0 aliphatic carbocycles. The molecule has 1 N–H and O–H groups in total. The fourth-order valence-electron chi connectivity index (χ4n) is 2.51. The Kier molecular flexibility index (Phi) is 5.77. The predicted molar refractivity (Wildman–Crippen MR) is 89.4 cm³/mol. The lowest BCUT2D eigenvalue weighted by Gasteiger charge is -2.20. The van der Waals surface area contributed by atoms with Crippen molar-refractivity contribution in [2.45, 2.75) is 25.4 Å². The molecule has 2 aromatic rings. The highest BCUT2D eigenvalue weighted by Crippen LogP contribution is 2.27. The summed E-state index contributed by atoms with van der Waals surface area (Å²) < 4.78 is 10.2. The van der Waals surface area contributed by atoms with Crippen LogP contribution >= 0.6 is 0 Å². The molecule has 0 radical (unpaired) electrons. The van der Waals surface area contributed by atoms with E-state index in [9.17, 15) is 9.90 Å². The third-order valence-electron chi connectivity index (χ3n) is 3.94. The van der Waals surface area contributed by atoms with E-state index in [1.54, 1.807) is 45.4 Å². The summed E-state index contributed by atoms with van der Waals surface area (Å²) in [6.45, 7) is 1.70. The Morgan fingerprint density at radius 3 is 1.87 bits per heavy atom. The molecule has 0 heterocycles. The van der Waals surface area contributed by atoms with Gasteiger partial charge in [-0.2, -0.15) is 0 Å². The van der Waals surface area contributed by atoms with Crippen LogP contribution in [0.4, 0.5) is 0 Å². The Hall–Kier alpha value is -2.33. The summed E-state index contributed by atoms with van der Waals surface area (Å²) in [5.74, 6) is 1.20. The van der Waals surface area contributed by atoms with Crippen LogP contribution in [-0.2, 0) is 0 Å². The molecule has 2 rings (SSSR count). The number of rotatable bonds is 7. The van der Waals surface area contributed by atoms with Gasteiger partial charge in [-0.25, -0.2) is 0 Å². The van der Waals surface area contributed by atoms with Gasteiger partial charge in [0.15, 0.2) is 5.78 Å². The predicted octanol–water partition coefficient (Wildman–Crippen LogP) is 3.44. The average Bonchev–Trinajstić information content (AvgIpc) is 2.59. The second kappa shape index (κ2) is 7.79. The number of benzene rings is 2. The van der Waals surface area contributed by atoms with Crippen LogP contribution in [0.25, 0.3) is 0 Å². The zero-order valence-electron chi connectivity index (χ0n) is 13.7. The van der Waals surface area contributed by atoms with Crippen LogP contribution in [0.1, 0.15) is 35.2 Å². The number of methoxy groups -OCH3 is 2. The largest absolute Gasteiger partial charge is 0.497 e. The van der Waals surface area contributed by atoms with Crippen LogP contribution in [0.15, 0.2) is 48.5 Å². The Bertz CT molecular complexity index is 629. The van der Waals surface area contributed by atoms with E-state index < -0.39 is 6.10 Å². The van der Waals surface area contributed by atoms with E-state index in [1.165, 1.54) is 0 Å². The first-order valence-corrected chi connectivity index (χ1v) is 7.54. The first-order valence-electron chi connectivity index (χ1n) is 7.54. The van der Waals surface area contributed by atoms with Crippen LogP contribution in [0.2, 0.25) is 0 Å². The highest BCUT2D eigenvalue weighted by molar-refractivity contribution is 5.96. The Morgan fingerprint density at radius 1 is 0.957 bits per heavy atom. The molecule has 4 nitrogen and oxygen atoms in total. The number of ketones is 1. The second-order valence-electron chi connectivity index (χ2n) is 5.48. The number of carbonyl (C=O) groups excluding carboxylic acids is 1. The van der Waals surface area contributed by atoms with Crippen molar-refractivity contribution in [1.29, 1.82) is 0 Å². The van der Waals surface area contributed by atoms with Crippen molar-refractivity contribution in [1.82, 2.24) is 0 Å². The van der Waals surface area contributed by atoms with Crippen molar-refractivity contribution in [3.8, 4) is 11.5 Å². The maximum Gasteiger partial charge on any atom is 0.163 e. The quantitative estimate of drug-likeness (QED) is 0.795. The number of aliphatic hydroxyl groups excluding tert-OH is 1. The molecule has 0 saturated heterocycles. The molecule has 0 aliphatic heterocycles. The molecule has 0 bridgehead atoms. The molecule has 4 heteroatoms. The van der Waals surface area contributed by atoms with Gasteiger partial charge >= 0.3 is 0 Å². The standard InChI is InChI=1S/C19H22O4/c1-13(20)18(14-4-8-16(22-2)9-5-14)12-19(21)15-6-10-17(23-3)11-7-15/h4-11,13,18,20H,12H2,1-3H3. The molecule has 0 aliphatic rings. The molecular formula is C19H22O4. The van der Waals surface area contributed by atoms with E-state index >= 15 is 0 Å². The van der Waals surface area contributed by atoms with Gasteiger partial charge in [-0.05, 0) is 48.9 Å². The van der Waals surface area contributed by atoms with Crippen molar-refractivity contribution < 1.29 is 19.4 Å². The number of Topliss-reactive ketones (excluding diaryl/α,β-unsaturated/α-hetero) is 1. The summed E-state index contributed by atoms with van der Waals surface area (Å²) >= 11 is 0. The Morgan fingerprint density at radius 2 is 1.43 bits per heavy atom. The van der Waals surface area contributed by atoms with Crippen molar-refractivity contribution in [3.63, 3.8) is 0 Å². The minimum Gasteiger partial charge on any atom is -0.497 e. The lowest BCUT2D eigenvalue weighted by molar-refractivity contribution is 0.0921. The molecule has 122 valence electrons. The van der Waals surface area contributed by atoms with Gasteiger partial charge in [0, 0.05) is 17.9 Å². The van der Waals surface area contributed by atoms with E-state index in [0.717, 1.165) is 11.3 Å². The third-order valence-corrected chi connectivity index (χ3v) is 3.94. The van der Waals surface area contributed by atoms with E-state index in [4.69, 9.17) is 9.47 Å². The number of hydrogen-bond donors (Lipinski definition) is 1. The van der Waals surface area contributed by atoms with Gasteiger partial charge in [-0.15, -0.1) is 0 Å². The molecule has 0 saturated carbocycles. The zero-order chi connectivity index (χ0) is 16.8. The van der Waals surface area contributed by atoms with Gasteiger partial charge in [-0.1, -0.05) is 12.1 Å². The summed E-state index contributed by atoms with van der Waals surface area (Å²) in [5, 5.41) is 10.1. The van der Waals surface area contributed by atoms with Crippen molar-refractivity contribution in [2.75, 3.05) is 14.2 Å². The third kappa shape index (κ3) is 4.33. The second-order valence-corrected chi connectivity index (χ2v) is 5.48. The first-order chi connectivity index (χ1) is 11.0. The summed E-state index contributed by atoms with van der Waals surface area (Å²) in [6, 6.07) is 14.5. The number of carbonyl (C=O) groups is 1. The smallest absolute Gasteiger partial charge is 0.163 e. The topological polar surface area (TPSA) is 55.8 Å². The fourth-order valence-corrected chi connectivity index (χ4v) is 2.51. The Labute approximate surface area is 136 Å². The highest BCUT2D eigenvalue weighted by Gasteiger charge is 2.22. The number of aliphatic hydroxyl groups is 1. The molecule has 23 heavy (non-hydrogen) atoms. The maximum atomic E-state index is 12.5. The van der Waals surface area contributed by atoms with Crippen molar-refractivity contribution >= 4 is 5.78 Å². The summed E-state index contributed by atoms with van der Waals surface area (Å²) in [5.41, 5.74) is 1.53. The molecular weight excluding hydrogens is 292 g/mol. The number of ether oxygens (including phenoxy) is 2. The molecule has 0 fully saturated rings. The molecule has 2 unspecified atom stereocenters. The van der Waals surface area contributed by atoms with Crippen LogP contribution in [0.3, 0.4) is 0 Å². The van der Waals surface area contributed by atoms with E-state index in [1.807, 2.05) is 24.3 Å². The monoisotopic (exact) mass is 314 g/mol. The Balaban J connectivity index is 2.15. The molecule has 2 aromatic carbocycles.